The van der Waals surface area contributed by atoms with Gasteiger partial charge in [-0.1, -0.05) is 30.3 Å². The van der Waals surface area contributed by atoms with Gasteiger partial charge in [-0.05, 0) is 73.7 Å². The van der Waals surface area contributed by atoms with Crippen molar-refractivity contribution in [2.24, 2.45) is 10.9 Å². The maximum Gasteiger partial charge on any atom is 0.336 e. The molecule has 5 rings (SSSR count). The van der Waals surface area contributed by atoms with Crippen LogP contribution >= 0.6 is 0 Å². The number of allylic oxidation sites excluding steroid dienone is 1. The number of carbonyl (C=O) groups is 2. The summed E-state index contributed by atoms with van der Waals surface area (Å²) < 4.78 is 27.9. The fraction of sp³-hybridized carbons (Fsp3) is 0.343. The predicted molar refractivity (Wildman–Crippen MR) is 165 cm³/mol. The van der Waals surface area contributed by atoms with E-state index in [4.69, 9.17) is 28.7 Å². The fourth-order valence-electron chi connectivity index (χ4n) is 6.03. The summed E-state index contributed by atoms with van der Waals surface area (Å²) in [6.45, 7) is 4.12. The van der Waals surface area contributed by atoms with Gasteiger partial charge in [0, 0.05) is 23.7 Å². The van der Waals surface area contributed by atoms with Gasteiger partial charge in [-0.3, -0.25) is 9.79 Å². The molecule has 0 amide bonds. The Hall–Kier alpha value is -4.79. The molecule has 2 aliphatic rings. The summed E-state index contributed by atoms with van der Waals surface area (Å²) in [6.07, 6.45) is 0.793. The van der Waals surface area contributed by atoms with E-state index in [2.05, 4.69) is 0 Å². The van der Waals surface area contributed by atoms with Crippen molar-refractivity contribution in [1.82, 2.24) is 0 Å². The molecule has 3 atom stereocenters. The van der Waals surface area contributed by atoms with Gasteiger partial charge in [0.1, 0.15) is 24.7 Å². The van der Waals surface area contributed by atoms with Crippen LogP contribution in [0.3, 0.4) is 0 Å². The number of nitrogens with zero attached hydrogens (tertiary/aromatic N) is 1. The zero-order valence-corrected chi connectivity index (χ0v) is 25.4. The van der Waals surface area contributed by atoms with Crippen molar-refractivity contribution in [2.45, 2.75) is 38.5 Å². The fourth-order valence-corrected chi connectivity index (χ4v) is 6.03. The number of aliphatic imine (C=N–C) groups is 1. The number of hydrogen-bond donors (Lipinski definition) is 1. The second-order valence-electron chi connectivity index (χ2n) is 10.7. The van der Waals surface area contributed by atoms with Crippen molar-refractivity contribution in [3.05, 3.63) is 89.1 Å². The third-order valence-electron chi connectivity index (χ3n) is 8.02. The Labute approximate surface area is 257 Å². The van der Waals surface area contributed by atoms with E-state index in [9.17, 15) is 14.7 Å². The smallest absolute Gasteiger partial charge is 0.336 e. The molecule has 1 heterocycles. The van der Waals surface area contributed by atoms with Crippen LogP contribution in [0.15, 0.2) is 83.0 Å². The highest BCUT2D eigenvalue weighted by molar-refractivity contribution is 6.12. The van der Waals surface area contributed by atoms with E-state index in [1.54, 1.807) is 33.3 Å². The Bertz CT molecular complexity index is 1580. The minimum Gasteiger partial charge on any atom is -0.504 e. The number of phenols is 1. The van der Waals surface area contributed by atoms with Crippen molar-refractivity contribution >= 4 is 17.5 Å². The first-order valence-corrected chi connectivity index (χ1v) is 14.7. The third-order valence-corrected chi connectivity index (χ3v) is 8.02. The number of phenolic OH excluding ortho intramolecular Hbond substituents is 1. The summed E-state index contributed by atoms with van der Waals surface area (Å²) in [4.78, 5) is 32.5. The summed E-state index contributed by atoms with van der Waals surface area (Å²) >= 11 is 0. The molecule has 0 bridgehead atoms. The normalized spacial score (nSPS) is 19.5. The molecule has 9 nitrogen and oxygen atoms in total. The molecule has 230 valence electrons. The minimum absolute atomic E-state index is 0.0214. The second-order valence-corrected chi connectivity index (χ2v) is 10.7. The molecule has 3 aromatic carbocycles. The van der Waals surface area contributed by atoms with Gasteiger partial charge < -0.3 is 28.8 Å². The maximum atomic E-state index is 14.0. The standard InChI is InChI=1S/C35H37NO8/c1-5-42-30-20-23(11-13-27(30)37)33-32(35(39)44-16-15-43-25-9-7-6-8-10-25)21(2)36-26-17-24(18-28(38)34(26)33)22-12-14-29(40-3)31(19-22)41-4/h6-14,19-20,24,33-34,37H,5,15-18H2,1-4H3/t24-,33-,34?/m1/s1. The van der Waals surface area contributed by atoms with E-state index in [0.717, 1.165) is 5.56 Å². The number of Topliss-reactive ketones (excluding diaryl/α,β-unsaturated/α-hetero) is 1. The molecule has 3 aromatic rings. The van der Waals surface area contributed by atoms with Gasteiger partial charge in [-0.15, -0.1) is 0 Å². The lowest BCUT2D eigenvalue weighted by atomic mass is 9.66. The molecule has 0 spiro atoms. The largest absolute Gasteiger partial charge is 0.504 e. The molecule has 0 radical (unpaired) electrons. The van der Waals surface area contributed by atoms with Crippen molar-refractivity contribution in [3.8, 4) is 28.7 Å². The van der Waals surface area contributed by atoms with Crippen LogP contribution in [-0.4, -0.2) is 56.6 Å². The van der Waals surface area contributed by atoms with Crippen LogP contribution in [0.4, 0.5) is 0 Å². The first-order valence-electron chi connectivity index (χ1n) is 14.7. The number of aromatic hydroxyl groups is 1. The number of para-hydroxylation sites is 1. The molecule has 1 saturated carbocycles. The second kappa shape index (κ2) is 13.7. The molecule has 1 fully saturated rings. The average molecular weight is 600 g/mol. The Kier molecular flexibility index (Phi) is 9.53. The van der Waals surface area contributed by atoms with Gasteiger partial charge in [0.25, 0.3) is 0 Å². The molecule has 1 aliphatic heterocycles. The van der Waals surface area contributed by atoms with Gasteiger partial charge in [0.05, 0.1) is 32.3 Å². The van der Waals surface area contributed by atoms with Gasteiger partial charge in [-0.25, -0.2) is 4.79 Å². The van der Waals surface area contributed by atoms with Gasteiger partial charge in [0.15, 0.2) is 23.0 Å². The number of fused-ring (bicyclic) bond motifs is 1. The molecule has 0 aromatic heterocycles. The summed E-state index contributed by atoms with van der Waals surface area (Å²) in [5.41, 5.74) is 3.11. The quantitative estimate of drug-likeness (QED) is 0.211. The van der Waals surface area contributed by atoms with Gasteiger partial charge >= 0.3 is 5.97 Å². The van der Waals surface area contributed by atoms with Crippen molar-refractivity contribution in [1.29, 1.82) is 0 Å². The van der Waals surface area contributed by atoms with Crippen LogP contribution in [-0.2, 0) is 14.3 Å². The summed E-state index contributed by atoms with van der Waals surface area (Å²) in [5.74, 6) is 0.0905. The van der Waals surface area contributed by atoms with E-state index in [1.807, 2.05) is 55.5 Å². The molecule has 1 N–H and O–H groups in total. The van der Waals surface area contributed by atoms with E-state index in [1.165, 1.54) is 6.07 Å². The number of methoxy groups -OCH3 is 2. The van der Waals surface area contributed by atoms with Crippen molar-refractivity contribution in [3.63, 3.8) is 0 Å². The minimum atomic E-state index is -0.669. The predicted octanol–water partition coefficient (Wildman–Crippen LogP) is 6.01. The van der Waals surface area contributed by atoms with E-state index >= 15 is 0 Å². The molecule has 1 aliphatic carbocycles. The highest BCUT2D eigenvalue weighted by atomic mass is 16.6. The average Bonchev–Trinajstić information content (AvgIpc) is 3.03. The summed E-state index contributed by atoms with van der Waals surface area (Å²) in [5, 5.41) is 10.4. The number of esters is 1. The van der Waals surface area contributed by atoms with Gasteiger partial charge in [-0.2, -0.15) is 0 Å². The topological polar surface area (TPSA) is 113 Å². The Balaban J connectivity index is 1.47. The lowest BCUT2D eigenvalue weighted by Gasteiger charge is -2.38. The van der Waals surface area contributed by atoms with E-state index in [0.29, 0.717) is 52.8 Å². The SMILES string of the molecule is CCOc1cc([C@@H]2C(C(=O)OCCOc3ccccc3)=C(C)N=C3C[C@@H](c4ccc(OC)c(OC)c4)CC(=O)C32)ccc1O. The van der Waals surface area contributed by atoms with E-state index < -0.39 is 17.8 Å². The third kappa shape index (κ3) is 6.41. The van der Waals surface area contributed by atoms with Crippen molar-refractivity contribution < 1.29 is 38.4 Å². The summed E-state index contributed by atoms with van der Waals surface area (Å²) in [7, 11) is 3.16. The number of benzene rings is 3. The number of carbonyl (C=O) groups excluding carboxylic acids is 2. The molecular weight excluding hydrogens is 562 g/mol. The Morgan fingerprint density at radius 2 is 1.59 bits per heavy atom. The number of rotatable bonds is 11. The number of ketones is 1. The van der Waals surface area contributed by atoms with Crippen LogP contribution < -0.4 is 18.9 Å². The van der Waals surface area contributed by atoms with Crippen LogP contribution in [0.2, 0.25) is 0 Å². The summed E-state index contributed by atoms with van der Waals surface area (Å²) in [6, 6.07) is 19.9. The zero-order valence-electron chi connectivity index (χ0n) is 25.4. The molecular formula is C35H37NO8. The van der Waals surface area contributed by atoms with Crippen LogP contribution in [0.1, 0.15) is 49.7 Å². The first-order chi connectivity index (χ1) is 21.3. The number of ether oxygens (including phenoxy) is 5. The van der Waals surface area contributed by atoms with Crippen LogP contribution in [0, 0.1) is 5.92 Å². The Morgan fingerprint density at radius 3 is 2.32 bits per heavy atom. The highest BCUT2D eigenvalue weighted by Gasteiger charge is 2.46. The maximum absolute atomic E-state index is 14.0. The molecule has 9 heteroatoms. The Morgan fingerprint density at radius 1 is 0.864 bits per heavy atom. The number of hydrogen-bond acceptors (Lipinski definition) is 9. The molecule has 0 saturated heterocycles. The lowest BCUT2D eigenvalue weighted by molar-refractivity contribution is -0.140. The van der Waals surface area contributed by atoms with Crippen molar-refractivity contribution in [2.75, 3.05) is 34.0 Å². The molecule has 44 heavy (non-hydrogen) atoms. The zero-order chi connectivity index (χ0) is 31.2. The first kappa shape index (κ1) is 30.7. The van der Waals surface area contributed by atoms with Crippen LogP contribution in [0.5, 0.6) is 28.7 Å². The van der Waals surface area contributed by atoms with Gasteiger partial charge in [0.2, 0.25) is 0 Å². The van der Waals surface area contributed by atoms with Crippen LogP contribution in [0.25, 0.3) is 0 Å². The monoisotopic (exact) mass is 599 g/mol. The molecule has 1 unspecified atom stereocenters. The van der Waals surface area contributed by atoms with E-state index in [-0.39, 0.29) is 42.8 Å². The lowest BCUT2D eigenvalue weighted by Crippen LogP contribution is -2.41. The highest BCUT2D eigenvalue weighted by Crippen LogP contribution is 2.47.